The van der Waals surface area contributed by atoms with E-state index in [0.717, 1.165) is 37.8 Å². The van der Waals surface area contributed by atoms with Crippen molar-refractivity contribution in [2.24, 2.45) is 0 Å². The van der Waals surface area contributed by atoms with Crippen LogP contribution in [0.15, 0.2) is 18.2 Å². The molecule has 1 amide bonds. The summed E-state index contributed by atoms with van der Waals surface area (Å²) in [5.41, 5.74) is 0.0624. The Bertz CT molecular complexity index is 508. The van der Waals surface area contributed by atoms with Gasteiger partial charge >= 0.3 is 6.18 Å². The van der Waals surface area contributed by atoms with Gasteiger partial charge in [-0.3, -0.25) is 4.79 Å². The Morgan fingerprint density at radius 3 is 2.57 bits per heavy atom. The molecule has 2 rings (SSSR count). The smallest absolute Gasteiger partial charge is 0.325 e. The molecule has 0 spiro atoms. The number of hydrogen-bond donors (Lipinski definition) is 2. The first-order valence-electron chi connectivity index (χ1n) is 7.07. The van der Waals surface area contributed by atoms with Gasteiger partial charge in [0, 0.05) is 11.7 Å². The molecular weight excluding hydrogens is 281 g/mol. The molecule has 0 unspecified atom stereocenters. The van der Waals surface area contributed by atoms with E-state index in [1.54, 1.807) is 6.92 Å². The van der Waals surface area contributed by atoms with Crippen LogP contribution in [0.2, 0.25) is 0 Å². The van der Waals surface area contributed by atoms with E-state index in [4.69, 9.17) is 0 Å². The fraction of sp³-hybridized carbons (Fsp3) is 0.533. The van der Waals surface area contributed by atoms with Crippen LogP contribution >= 0.6 is 0 Å². The highest BCUT2D eigenvalue weighted by Crippen LogP contribution is 2.32. The summed E-state index contributed by atoms with van der Waals surface area (Å²) in [6.45, 7) is 1.79. The molecule has 0 atom stereocenters. The van der Waals surface area contributed by atoms with Gasteiger partial charge in [0.2, 0.25) is 5.91 Å². The van der Waals surface area contributed by atoms with Crippen molar-refractivity contribution < 1.29 is 18.0 Å². The van der Waals surface area contributed by atoms with Crippen LogP contribution in [-0.2, 0) is 11.0 Å². The van der Waals surface area contributed by atoms with E-state index in [1.165, 1.54) is 6.07 Å². The fourth-order valence-corrected chi connectivity index (χ4v) is 2.49. The molecule has 1 saturated carbocycles. The summed E-state index contributed by atoms with van der Waals surface area (Å²) in [5.74, 6) is -0.315. The highest BCUT2D eigenvalue weighted by molar-refractivity contribution is 5.93. The molecule has 0 heterocycles. The third-order valence-electron chi connectivity index (χ3n) is 3.75. The maximum Gasteiger partial charge on any atom is 0.416 e. The molecule has 2 N–H and O–H groups in total. The highest BCUT2D eigenvalue weighted by Gasteiger charge is 2.30. The third-order valence-corrected chi connectivity index (χ3v) is 3.75. The van der Waals surface area contributed by atoms with E-state index < -0.39 is 11.7 Å². The van der Waals surface area contributed by atoms with E-state index in [1.807, 2.05) is 0 Å². The summed E-state index contributed by atoms with van der Waals surface area (Å²) < 4.78 is 38.0. The number of carbonyl (C=O) groups is 1. The maximum atomic E-state index is 12.7. The molecule has 1 aromatic carbocycles. The van der Waals surface area contributed by atoms with Gasteiger partial charge < -0.3 is 10.6 Å². The summed E-state index contributed by atoms with van der Waals surface area (Å²) in [7, 11) is 0. The first-order valence-corrected chi connectivity index (χ1v) is 7.07. The lowest BCUT2D eigenvalue weighted by Gasteiger charge is -2.14. The van der Waals surface area contributed by atoms with Crippen LogP contribution in [0.5, 0.6) is 0 Å². The summed E-state index contributed by atoms with van der Waals surface area (Å²) in [5, 5.41) is 5.68. The quantitative estimate of drug-likeness (QED) is 0.894. The van der Waals surface area contributed by atoms with Crippen LogP contribution in [0.1, 0.15) is 36.8 Å². The lowest BCUT2D eigenvalue weighted by Crippen LogP contribution is -2.34. The second kappa shape index (κ2) is 6.47. The Kier molecular flexibility index (Phi) is 4.88. The minimum atomic E-state index is -4.41. The molecule has 6 heteroatoms. The molecule has 21 heavy (non-hydrogen) atoms. The average Bonchev–Trinajstić information content (AvgIpc) is 2.91. The summed E-state index contributed by atoms with van der Waals surface area (Å²) in [6.07, 6.45) is 0.0129. The van der Waals surface area contributed by atoms with Crippen molar-refractivity contribution in [1.29, 1.82) is 0 Å². The SMILES string of the molecule is Cc1ccc(C(F)(F)F)cc1NC(=O)CNC1CCCC1. The Morgan fingerprint density at radius 1 is 1.29 bits per heavy atom. The van der Waals surface area contributed by atoms with E-state index in [2.05, 4.69) is 10.6 Å². The van der Waals surface area contributed by atoms with Crippen LogP contribution < -0.4 is 10.6 Å². The number of aryl methyl sites for hydroxylation is 1. The number of amides is 1. The van der Waals surface area contributed by atoms with Crippen molar-refractivity contribution in [3.05, 3.63) is 29.3 Å². The highest BCUT2D eigenvalue weighted by atomic mass is 19.4. The summed E-state index contributed by atoms with van der Waals surface area (Å²) in [6, 6.07) is 3.70. The standard InChI is InChI=1S/C15H19F3N2O/c1-10-6-7-11(15(16,17)18)8-13(10)20-14(21)9-19-12-4-2-3-5-12/h6-8,12,19H,2-5,9H2,1H3,(H,20,21). The van der Waals surface area contributed by atoms with E-state index in [0.29, 0.717) is 11.6 Å². The van der Waals surface area contributed by atoms with Gasteiger partial charge in [0.15, 0.2) is 0 Å². The Morgan fingerprint density at radius 2 is 1.95 bits per heavy atom. The number of nitrogens with one attached hydrogen (secondary N) is 2. The van der Waals surface area contributed by atoms with Crippen LogP contribution in [0.25, 0.3) is 0 Å². The molecule has 1 fully saturated rings. The molecule has 3 nitrogen and oxygen atoms in total. The first-order chi connectivity index (χ1) is 9.86. The number of anilines is 1. The molecular formula is C15H19F3N2O. The van der Waals surface area contributed by atoms with Gasteiger partial charge in [-0.05, 0) is 37.5 Å². The molecule has 1 aromatic rings. The van der Waals surface area contributed by atoms with Crippen LogP contribution in [0.3, 0.4) is 0 Å². The molecule has 0 aliphatic heterocycles. The second-order valence-corrected chi connectivity index (χ2v) is 5.44. The largest absolute Gasteiger partial charge is 0.416 e. The van der Waals surface area contributed by atoms with Crippen molar-refractivity contribution in [1.82, 2.24) is 5.32 Å². The molecule has 1 aliphatic rings. The van der Waals surface area contributed by atoms with Gasteiger partial charge in [-0.2, -0.15) is 13.2 Å². The Balaban J connectivity index is 1.96. The monoisotopic (exact) mass is 300 g/mol. The summed E-state index contributed by atoms with van der Waals surface area (Å²) >= 11 is 0. The van der Waals surface area contributed by atoms with Crippen molar-refractivity contribution in [2.45, 2.75) is 44.8 Å². The normalized spacial score (nSPS) is 16.2. The molecule has 0 bridgehead atoms. The number of hydrogen-bond acceptors (Lipinski definition) is 2. The third kappa shape index (κ3) is 4.46. The zero-order valence-electron chi connectivity index (χ0n) is 11.9. The minimum absolute atomic E-state index is 0.125. The number of carbonyl (C=O) groups excluding carboxylic acids is 1. The fourth-order valence-electron chi connectivity index (χ4n) is 2.49. The zero-order chi connectivity index (χ0) is 15.5. The average molecular weight is 300 g/mol. The van der Waals surface area contributed by atoms with Crippen LogP contribution in [0.4, 0.5) is 18.9 Å². The summed E-state index contributed by atoms with van der Waals surface area (Å²) in [4.78, 5) is 11.8. The minimum Gasteiger partial charge on any atom is -0.325 e. The van der Waals surface area contributed by atoms with Gasteiger partial charge in [-0.15, -0.1) is 0 Å². The number of rotatable bonds is 4. The van der Waals surface area contributed by atoms with E-state index in [9.17, 15) is 18.0 Å². The topological polar surface area (TPSA) is 41.1 Å². The van der Waals surface area contributed by atoms with Crippen molar-refractivity contribution in [3.8, 4) is 0 Å². The number of halogens is 3. The van der Waals surface area contributed by atoms with E-state index in [-0.39, 0.29) is 18.1 Å². The van der Waals surface area contributed by atoms with Crippen LogP contribution in [0, 0.1) is 6.92 Å². The van der Waals surface area contributed by atoms with Gasteiger partial charge in [-0.1, -0.05) is 18.9 Å². The maximum absolute atomic E-state index is 12.7. The predicted molar refractivity (Wildman–Crippen MR) is 75.1 cm³/mol. The number of benzene rings is 1. The van der Waals surface area contributed by atoms with E-state index >= 15 is 0 Å². The Labute approximate surface area is 121 Å². The number of alkyl halides is 3. The van der Waals surface area contributed by atoms with Crippen LogP contribution in [-0.4, -0.2) is 18.5 Å². The van der Waals surface area contributed by atoms with Gasteiger partial charge in [-0.25, -0.2) is 0 Å². The van der Waals surface area contributed by atoms with Crippen molar-refractivity contribution >= 4 is 11.6 Å². The van der Waals surface area contributed by atoms with Crippen molar-refractivity contribution in [2.75, 3.05) is 11.9 Å². The lowest BCUT2D eigenvalue weighted by atomic mass is 10.1. The molecule has 0 radical (unpaired) electrons. The lowest BCUT2D eigenvalue weighted by molar-refractivity contribution is -0.137. The van der Waals surface area contributed by atoms with Crippen molar-refractivity contribution in [3.63, 3.8) is 0 Å². The zero-order valence-corrected chi connectivity index (χ0v) is 11.9. The second-order valence-electron chi connectivity index (χ2n) is 5.44. The van der Waals surface area contributed by atoms with Gasteiger partial charge in [0.05, 0.1) is 12.1 Å². The molecule has 116 valence electrons. The molecule has 0 saturated heterocycles. The molecule has 0 aromatic heterocycles. The molecule has 1 aliphatic carbocycles. The Hall–Kier alpha value is -1.56. The first kappa shape index (κ1) is 15.8. The van der Waals surface area contributed by atoms with Gasteiger partial charge in [0.1, 0.15) is 0 Å². The van der Waals surface area contributed by atoms with Gasteiger partial charge in [0.25, 0.3) is 0 Å². The predicted octanol–water partition coefficient (Wildman–Crippen LogP) is 3.48.